The lowest BCUT2D eigenvalue weighted by Crippen LogP contribution is -2.19. The molecule has 0 saturated heterocycles. The fraction of sp³-hybridized carbons (Fsp3) is 0.188. The first-order valence-corrected chi connectivity index (χ1v) is 8.05. The third kappa shape index (κ3) is 4.25. The highest BCUT2D eigenvalue weighted by Crippen LogP contribution is 2.15. The normalized spacial score (nSPS) is 10.7. The number of hydrogen-bond acceptors (Lipinski definition) is 5. The van der Waals surface area contributed by atoms with E-state index < -0.39 is 4.92 Å². The van der Waals surface area contributed by atoms with Crippen molar-refractivity contribution in [2.75, 3.05) is 5.32 Å². The standard InChI is InChI=1S/C16H15ClN6O3/c1-11-14(23(25)26)9-22(19-11)10-16(24)18-15-6-7-21(20-15)8-12-2-4-13(17)5-3-12/h2-7,9H,8,10H2,1H3,(H,18,20,24). The molecule has 0 fully saturated rings. The second-order valence-electron chi connectivity index (χ2n) is 5.63. The van der Waals surface area contributed by atoms with Crippen molar-refractivity contribution in [2.45, 2.75) is 20.0 Å². The van der Waals surface area contributed by atoms with Gasteiger partial charge in [-0.15, -0.1) is 0 Å². The number of benzene rings is 1. The predicted octanol–water partition coefficient (Wildman–Crippen LogP) is 2.64. The van der Waals surface area contributed by atoms with E-state index in [-0.39, 0.29) is 23.8 Å². The summed E-state index contributed by atoms with van der Waals surface area (Å²) in [5, 5.41) is 22.4. The predicted molar refractivity (Wildman–Crippen MR) is 95.0 cm³/mol. The van der Waals surface area contributed by atoms with Crippen LogP contribution in [0.4, 0.5) is 11.5 Å². The van der Waals surface area contributed by atoms with Crippen LogP contribution in [0.3, 0.4) is 0 Å². The van der Waals surface area contributed by atoms with Crippen LogP contribution in [-0.4, -0.2) is 30.4 Å². The maximum atomic E-state index is 12.1. The van der Waals surface area contributed by atoms with Crippen LogP contribution in [0.15, 0.2) is 42.7 Å². The topological polar surface area (TPSA) is 108 Å². The summed E-state index contributed by atoms with van der Waals surface area (Å²) in [6.45, 7) is 1.92. The molecule has 2 aromatic heterocycles. The molecule has 0 radical (unpaired) electrons. The lowest BCUT2D eigenvalue weighted by Gasteiger charge is -2.03. The van der Waals surface area contributed by atoms with Crippen molar-refractivity contribution >= 4 is 29.0 Å². The molecule has 0 aliphatic heterocycles. The number of halogens is 1. The summed E-state index contributed by atoms with van der Waals surface area (Å²) in [4.78, 5) is 22.4. The number of rotatable bonds is 6. The van der Waals surface area contributed by atoms with E-state index in [4.69, 9.17) is 11.6 Å². The minimum absolute atomic E-state index is 0.120. The molecule has 10 heteroatoms. The third-order valence-electron chi connectivity index (χ3n) is 3.59. The first-order valence-electron chi connectivity index (χ1n) is 7.67. The van der Waals surface area contributed by atoms with Gasteiger partial charge in [-0.2, -0.15) is 10.2 Å². The zero-order valence-electron chi connectivity index (χ0n) is 13.8. The zero-order chi connectivity index (χ0) is 18.7. The van der Waals surface area contributed by atoms with Crippen molar-refractivity contribution in [3.05, 3.63) is 69.1 Å². The monoisotopic (exact) mass is 374 g/mol. The number of aryl methyl sites for hydroxylation is 1. The molecule has 1 N–H and O–H groups in total. The Morgan fingerprint density at radius 1 is 1.23 bits per heavy atom. The Morgan fingerprint density at radius 3 is 2.62 bits per heavy atom. The van der Waals surface area contributed by atoms with Gasteiger partial charge in [-0.3, -0.25) is 24.3 Å². The van der Waals surface area contributed by atoms with Gasteiger partial charge in [-0.05, 0) is 24.6 Å². The molecule has 0 aliphatic carbocycles. The van der Waals surface area contributed by atoms with Gasteiger partial charge >= 0.3 is 5.69 Å². The second kappa shape index (κ2) is 7.36. The van der Waals surface area contributed by atoms with Crippen molar-refractivity contribution in [2.24, 2.45) is 0 Å². The molecule has 0 aliphatic rings. The van der Waals surface area contributed by atoms with Crippen LogP contribution in [0.2, 0.25) is 5.02 Å². The number of nitro groups is 1. The molecular weight excluding hydrogens is 360 g/mol. The smallest absolute Gasteiger partial charge is 0.308 e. The number of carbonyl (C=O) groups excluding carboxylic acids is 1. The Kier molecular flexibility index (Phi) is 4.99. The fourth-order valence-corrected chi connectivity index (χ4v) is 2.52. The number of hydrogen-bond donors (Lipinski definition) is 1. The van der Waals surface area contributed by atoms with Gasteiger partial charge in [0.2, 0.25) is 5.91 Å². The van der Waals surface area contributed by atoms with Crippen molar-refractivity contribution in [3.8, 4) is 0 Å². The molecule has 0 bridgehead atoms. The summed E-state index contributed by atoms with van der Waals surface area (Å²) in [6, 6.07) is 9.07. The Hall–Kier alpha value is -3.20. The summed E-state index contributed by atoms with van der Waals surface area (Å²) >= 11 is 5.86. The first-order chi connectivity index (χ1) is 12.4. The molecule has 1 amide bonds. The molecule has 0 spiro atoms. The van der Waals surface area contributed by atoms with Crippen LogP contribution < -0.4 is 5.32 Å². The van der Waals surface area contributed by atoms with Gasteiger partial charge in [0.15, 0.2) is 5.82 Å². The van der Waals surface area contributed by atoms with Crippen LogP contribution in [0.1, 0.15) is 11.3 Å². The number of amides is 1. The highest BCUT2D eigenvalue weighted by Gasteiger charge is 2.17. The van der Waals surface area contributed by atoms with Gasteiger partial charge in [0.1, 0.15) is 18.4 Å². The molecule has 1 aromatic carbocycles. The van der Waals surface area contributed by atoms with Gasteiger partial charge < -0.3 is 5.32 Å². The van der Waals surface area contributed by atoms with E-state index in [2.05, 4.69) is 15.5 Å². The molecule has 3 aromatic rings. The molecule has 9 nitrogen and oxygen atoms in total. The number of nitrogens with zero attached hydrogens (tertiary/aromatic N) is 5. The van der Waals surface area contributed by atoms with E-state index >= 15 is 0 Å². The van der Waals surface area contributed by atoms with Gasteiger partial charge in [-0.25, -0.2) is 0 Å². The van der Waals surface area contributed by atoms with Crippen molar-refractivity contribution in [3.63, 3.8) is 0 Å². The summed E-state index contributed by atoms with van der Waals surface area (Å²) in [5.41, 5.74) is 1.16. The lowest BCUT2D eigenvalue weighted by molar-refractivity contribution is -0.385. The lowest BCUT2D eigenvalue weighted by atomic mass is 10.2. The molecule has 2 heterocycles. The molecule has 26 heavy (non-hydrogen) atoms. The zero-order valence-corrected chi connectivity index (χ0v) is 14.6. The quantitative estimate of drug-likeness (QED) is 0.527. The number of anilines is 1. The minimum Gasteiger partial charge on any atom is -0.308 e. The number of nitrogens with one attached hydrogen (secondary N) is 1. The Labute approximate surface area is 153 Å². The van der Waals surface area contributed by atoms with Crippen LogP contribution in [0.25, 0.3) is 0 Å². The van der Waals surface area contributed by atoms with Crippen LogP contribution in [0, 0.1) is 17.0 Å². The maximum Gasteiger partial charge on any atom is 0.309 e. The average Bonchev–Trinajstić information content (AvgIpc) is 3.16. The highest BCUT2D eigenvalue weighted by atomic mass is 35.5. The average molecular weight is 375 g/mol. The maximum absolute atomic E-state index is 12.1. The van der Waals surface area contributed by atoms with Crippen molar-refractivity contribution in [1.29, 1.82) is 0 Å². The SMILES string of the molecule is Cc1nn(CC(=O)Nc2ccn(Cc3ccc(Cl)cc3)n2)cc1[N+](=O)[O-]. The number of carbonyl (C=O) groups is 1. The Morgan fingerprint density at radius 2 is 1.96 bits per heavy atom. The Bertz CT molecular complexity index is 947. The van der Waals surface area contributed by atoms with Crippen molar-refractivity contribution in [1.82, 2.24) is 19.6 Å². The van der Waals surface area contributed by atoms with E-state index in [0.717, 1.165) is 5.56 Å². The summed E-state index contributed by atoms with van der Waals surface area (Å²) in [7, 11) is 0. The summed E-state index contributed by atoms with van der Waals surface area (Å²) in [6.07, 6.45) is 2.97. The van der Waals surface area contributed by atoms with Gasteiger partial charge in [0.05, 0.1) is 11.5 Å². The van der Waals surface area contributed by atoms with Gasteiger partial charge in [0, 0.05) is 17.3 Å². The molecule has 3 rings (SSSR count). The number of aromatic nitrogens is 4. The van der Waals surface area contributed by atoms with Crippen LogP contribution >= 0.6 is 11.6 Å². The van der Waals surface area contributed by atoms with Crippen molar-refractivity contribution < 1.29 is 9.72 Å². The largest absolute Gasteiger partial charge is 0.309 e. The first kappa shape index (κ1) is 17.6. The molecule has 0 atom stereocenters. The van der Waals surface area contributed by atoms with Crippen LogP contribution in [-0.2, 0) is 17.9 Å². The Balaban J connectivity index is 1.60. The van der Waals surface area contributed by atoms with E-state index in [0.29, 0.717) is 17.4 Å². The minimum atomic E-state index is -0.533. The van der Waals surface area contributed by atoms with Gasteiger partial charge in [-0.1, -0.05) is 23.7 Å². The molecule has 134 valence electrons. The van der Waals surface area contributed by atoms with Crippen LogP contribution in [0.5, 0.6) is 0 Å². The molecule has 0 unspecified atom stereocenters. The fourth-order valence-electron chi connectivity index (χ4n) is 2.39. The second-order valence-corrected chi connectivity index (χ2v) is 6.06. The van der Waals surface area contributed by atoms with E-state index in [1.165, 1.54) is 17.8 Å². The van der Waals surface area contributed by atoms with E-state index in [9.17, 15) is 14.9 Å². The summed E-state index contributed by atoms with van der Waals surface area (Å²) < 4.78 is 2.91. The highest BCUT2D eigenvalue weighted by molar-refractivity contribution is 6.30. The van der Waals surface area contributed by atoms with Gasteiger partial charge in [0.25, 0.3) is 0 Å². The van der Waals surface area contributed by atoms with E-state index in [1.807, 2.05) is 12.1 Å². The third-order valence-corrected chi connectivity index (χ3v) is 3.84. The molecular formula is C16H15ClN6O3. The molecule has 0 saturated carbocycles. The summed E-state index contributed by atoms with van der Waals surface area (Å²) in [5.74, 6) is 0.0153. The van der Waals surface area contributed by atoms with E-state index in [1.54, 1.807) is 29.1 Å².